The van der Waals surface area contributed by atoms with Crippen molar-refractivity contribution in [2.45, 2.75) is 31.7 Å². The predicted octanol–water partition coefficient (Wildman–Crippen LogP) is 0.830. The number of nitrogens with zero attached hydrogens (tertiary/aromatic N) is 1. The minimum absolute atomic E-state index is 0.415. The molecule has 0 amide bonds. The van der Waals surface area contributed by atoms with Gasteiger partial charge in [0.05, 0.1) is 6.54 Å². The topological polar surface area (TPSA) is 29.5 Å². The Bertz CT molecular complexity index is 187. The van der Waals surface area contributed by atoms with E-state index in [9.17, 15) is 4.79 Å². The molecule has 2 saturated heterocycles. The number of Topliss-reactive ketones (excluding diaryl/α,β-unsaturated/α-hetero) is 1. The van der Waals surface area contributed by atoms with Crippen LogP contribution in [0.4, 0.5) is 0 Å². The van der Waals surface area contributed by atoms with E-state index < -0.39 is 0 Å². The number of piperidine rings is 1. The van der Waals surface area contributed by atoms with Gasteiger partial charge in [0.2, 0.25) is 0 Å². The molecule has 0 aromatic rings. The Morgan fingerprint density at radius 3 is 2.77 bits per heavy atom. The Morgan fingerprint density at radius 2 is 2.08 bits per heavy atom. The summed E-state index contributed by atoms with van der Waals surface area (Å²) < 4.78 is 5.31. The zero-order valence-electron chi connectivity index (χ0n) is 8.00. The van der Waals surface area contributed by atoms with Gasteiger partial charge in [0, 0.05) is 25.7 Å². The van der Waals surface area contributed by atoms with Gasteiger partial charge in [0.15, 0.2) is 0 Å². The van der Waals surface area contributed by atoms with Crippen molar-refractivity contribution in [1.82, 2.24) is 4.90 Å². The molecule has 0 aromatic carbocycles. The Balaban J connectivity index is 1.87. The molecule has 0 atom stereocenters. The smallest absolute Gasteiger partial charge is 0.146 e. The van der Waals surface area contributed by atoms with Gasteiger partial charge in [-0.15, -0.1) is 0 Å². The number of carbonyl (C=O) groups is 1. The zero-order valence-corrected chi connectivity index (χ0v) is 8.00. The summed E-state index contributed by atoms with van der Waals surface area (Å²) in [5, 5.41) is 0. The summed E-state index contributed by atoms with van der Waals surface area (Å²) in [4.78, 5) is 13.6. The van der Waals surface area contributed by atoms with Crippen molar-refractivity contribution in [3.05, 3.63) is 0 Å². The highest BCUT2D eigenvalue weighted by molar-refractivity contribution is 5.81. The molecule has 0 aromatic heterocycles. The van der Waals surface area contributed by atoms with Crippen LogP contribution in [-0.2, 0) is 9.53 Å². The van der Waals surface area contributed by atoms with E-state index in [0.717, 1.165) is 45.4 Å². The van der Waals surface area contributed by atoms with Crippen LogP contribution in [0.3, 0.4) is 0 Å². The van der Waals surface area contributed by atoms with Crippen molar-refractivity contribution >= 4 is 5.78 Å². The fourth-order valence-corrected chi connectivity index (χ4v) is 2.23. The maximum absolute atomic E-state index is 11.2. The maximum Gasteiger partial charge on any atom is 0.146 e. The molecule has 0 spiro atoms. The Morgan fingerprint density at radius 1 is 1.31 bits per heavy atom. The molecule has 2 rings (SSSR count). The van der Waals surface area contributed by atoms with Gasteiger partial charge in [-0.05, 0) is 25.8 Å². The van der Waals surface area contributed by atoms with E-state index in [4.69, 9.17) is 4.74 Å². The third kappa shape index (κ3) is 2.29. The first-order valence-corrected chi connectivity index (χ1v) is 5.20. The van der Waals surface area contributed by atoms with Crippen molar-refractivity contribution in [2.24, 2.45) is 0 Å². The second kappa shape index (κ2) is 4.20. The highest BCUT2D eigenvalue weighted by Gasteiger charge is 2.25. The van der Waals surface area contributed by atoms with E-state index in [-0.39, 0.29) is 0 Å². The third-order valence-electron chi connectivity index (χ3n) is 2.99. The van der Waals surface area contributed by atoms with Gasteiger partial charge in [-0.25, -0.2) is 0 Å². The molecule has 0 N–H and O–H groups in total. The van der Waals surface area contributed by atoms with Gasteiger partial charge in [0.25, 0.3) is 0 Å². The van der Waals surface area contributed by atoms with Crippen LogP contribution in [0.25, 0.3) is 0 Å². The van der Waals surface area contributed by atoms with Crippen molar-refractivity contribution in [2.75, 3.05) is 26.3 Å². The number of hydrogen-bond acceptors (Lipinski definition) is 3. The van der Waals surface area contributed by atoms with Gasteiger partial charge in [-0.3, -0.25) is 9.69 Å². The highest BCUT2D eigenvalue weighted by atomic mass is 16.5. The number of likely N-dealkylation sites (tertiary alicyclic amines) is 1. The molecule has 3 heteroatoms. The van der Waals surface area contributed by atoms with Crippen LogP contribution in [0, 0.1) is 0 Å². The monoisotopic (exact) mass is 183 g/mol. The third-order valence-corrected chi connectivity index (χ3v) is 2.99. The number of ether oxygens (including phenoxy) is 1. The van der Waals surface area contributed by atoms with E-state index in [1.54, 1.807) is 0 Å². The lowest BCUT2D eigenvalue weighted by molar-refractivity contribution is -0.123. The number of ketones is 1. The molecule has 0 bridgehead atoms. The first-order chi connectivity index (χ1) is 6.36. The van der Waals surface area contributed by atoms with E-state index in [2.05, 4.69) is 4.90 Å². The SMILES string of the molecule is O=C1CCCN(C2CCOCC2)C1. The van der Waals surface area contributed by atoms with Crippen LogP contribution in [0.1, 0.15) is 25.7 Å². The van der Waals surface area contributed by atoms with Crippen LogP contribution >= 0.6 is 0 Å². The van der Waals surface area contributed by atoms with E-state index in [0.29, 0.717) is 18.4 Å². The molecule has 0 radical (unpaired) electrons. The Kier molecular flexibility index (Phi) is 2.96. The van der Waals surface area contributed by atoms with Crippen LogP contribution in [-0.4, -0.2) is 43.0 Å². The molecule has 2 heterocycles. The summed E-state index contributed by atoms with van der Waals surface area (Å²) in [5.74, 6) is 0.415. The van der Waals surface area contributed by atoms with Gasteiger partial charge in [-0.1, -0.05) is 0 Å². The zero-order chi connectivity index (χ0) is 9.10. The minimum atomic E-state index is 0.415. The van der Waals surface area contributed by atoms with Crippen molar-refractivity contribution in [3.8, 4) is 0 Å². The van der Waals surface area contributed by atoms with Crippen LogP contribution in [0.2, 0.25) is 0 Å². The van der Waals surface area contributed by atoms with Gasteiger partial charge >= 0.3 is 0 Å². The van der Waals surface area contributed by atoms with Crippen LogP contribution in [0.5, 0.6) is 0 Å². The summed E-state index contributed by atoms with van der Waals surface area (Å²) in [6.45, 7) is 3.53. The minimum Gasteiger partial charge on any atom is -0.381 e. The molecule has 13 heavy (non-hydrogen) atoms. The lowest BCUT2D eigenvalue weighted by atomic mass is 10.0. The van der Waals surface area contributed by atoms with Crippen molar-refractivity contribution in [3.63, 3.8) is 0 Å². The molecule has 2 aliphatic rings. The molecule has 0 saturated carbocycles. The molecule has 74 valence electrons. The molecule has 2 fully saturated rings. The van der Waals surface area contributed by atoms with Crippen LogP contribution < -0.4 is 0 Å². The van der Waals surface area contributed by atoms with E-state index in [1.165, 1.54) is 0 Å². The Labute approximate surface area is 79.0 Å². The summed E-state index contributed by atoms with van der Waals surface area (Å²) >= 11 is 0. The summed E-state index contributed by atoms with van der Waals surface area (Å²) in [5.41, 5.74) is 0. The number of rotatable bonds is 1. The van der Waals surface area contributed by atoms with Gasteiger partial charge < -0.3 is 4.74 Å². The normalized spacial score (nSPS) is 27.8. The lowest BCUT2D eigenvalue weighted by Crippen LogP contribution is -2.45. The van der Waals surface area contributed by atoms with E-state index in [1.807, 2.05) is 0 Å². The molecule has 2 aliphatic heterocycles. The standard InChI is InChI=1S/C10H17NO2/c12-10-2-1-5-11(8-10)9-3-6-13-7-4-9/h9H,1-8H2. The molecular formula is C10H17NO2. The second-order valence-corrected chi connectivity index (χ2v) is 3.96. The first-order valence-electron chi connectivity index (χ1n) is 5.20. The van der Waals surface area contributed by atoms with Crippen molar-refractivity contribution < 1.29 is 9.53 Å². The van der Waals surface area contributed by atoms with Gasteiger partial charge in [0.1, 0.15) is 5.78 Å². The molecular weight excluding hydrogens is 166 g/mol. The largest absolute Gasteiger partial charge is 0.381 e. The quantitative estimate of drug-likeness (QED) is 0.603. The maximum atomic E-state index is 11.2. The fraction of sp³-hybridized carbons (Fsp3) is 0.900. The number of carbonyl (C=O) groups excluding carboxylic acids is 1. The van der Waals surface area contributed by atoms with E-state index >= 15 is 0 Å². The summed E-state index contributed by atoms with van der Waals surface area (Å²) in [6, 6.07) is 0.609. The average molecular weight is 183 g/mol. The second-order valence-electron chi connectivity index (χ2n) is 3.96. The summed E-state index contributed by atoms with van der Waals surface area (Å²) in [7, 11) is 0. The fourth-order valence-electron chi connectivity index (χ4n) is 2.23. The molecule has 0 aliphatic carbocycles. The van der Waals surface area contributed by atoms with Crippen LogP contribution in [0.15, 0.2) is 0 Å². The number of hydrogen-bond donors (Lipinski definition) is 0. The lowest BCUT2D eigenvalue weighted by Gasteiger charge is -2.35. The van der Waals surface area contributed by atoms with Gasteiger partial charge in [-0.2, -0.15) is 0 Å². The van der Waals surface area contributed by atoms with Crippen molar-refractivity contribution in [1.29, 1.82) is 0 Å². The molecule has 3 nitrogen and oxygen atoms in total. The molecule has 0 unspecified atom stereocenters. The first kappa shape index (κ1) is 9.16. The average Bonchev–Trinajstić information content (AvgIpc) is 2.19. The predicted molar refractivity (Wildman–Crippen MR) is 49.7 cm³/mol. The Hall–Kier alpha value is -0.410. The highest BCUT2D eigenvalue weighted by Crippen LogP contribution is 2.17. The summed E-state index contributed by atoms with van der Waals surface area (Å²) in [6.07, 6.45) is 4.05.